The van der Waals surface area contributed by atoms with E-state index in [1.54, 1.807) is 20.4 Å². The first-order valence-corrected chi connectivity index (χ1v) is 12.4. The maximum atomic E-state index is 6.40. The van der Waals surface area contributed by atoms with E-state index >= 15 is 0 Å². The van der Waals surface area contributed by atoms with Gasteiger partial charge in [0.15, 0.2) is 0 Å². The number of hydrogen-bond donors (Lipinski definition) is 1. The van der Waals surface area contributed by atoms with Crippen molar-refractivity contribution in [3.05, 3.63) is 95.1 Å². The summed E-state index contributed by atoms with van der Waals surface area (Å²) < 4.78 is 13.0. The lowest BCUT2D eigenvalue weighted by molar-refractivity contribution is 0.0340. The van der Waals surface area contributed by atoms with Gasteiger partial charge in [-0.15, -0.1) is 0 Å². The minimum absolute atomic E-state index is 0.163. The minimum Gasteiger partial charge on any atom is -0.382 e. The maximum Gasteiger partial charge on any atom is 0.0999 e. The van der Waals surface area contributed by atoms with Gasteiger partial charge in [0, 0.05) is 31.1 Å². The predicted molar refractivity (Wildman–Crippen MR) is 148 cm³/mol. The molecule has 1 aromatic heterocycles. The zero-order chi connectivity index (χ0) is 25.8. The smallest absolute Gasteiger partial charge is 0.0999 e. The molecule has 0 fully saturated rings. The van der Waals surface area contributed by atoms with Gasteiger partial charge in [-0.05, 0) is 61.5 Å². The Kier molecular flexibility index (Phi) is 7.46. The van der Waals surface area contributed by atoms with E-state index in [-0.39, 0.29) is 6.10 Å². The molecule has 5 rings (SSSR count). The number of aryl methyl sites for hydroxylation is 1. The van der Waals surface area contributed by atoms with E-state index in [1.165, 1.54) is 0 Å². The molecular weight excluding hydrogens is 486 g/mol. The zero-order valence-electron chi connectivity index (χ0n) is 21.0. The van der Waals surface area contributed by atoms with Crippen LogP contribution < -0.4 is 10.7 Å². The summed E-state index contributed by atoms with van der Waals surface area (Å²) >= 11 is 6.40. The Morgan fingerprint density at radius 3 is 2.65 bits per heavy atom. The highest BCUT2D eigenvalue weighted by Crippen LogP contribution is 2.31. The van der Waals surface area contributed by atoms with Gasteiger partial charge in [-0.2, -0.15) is 0 Å². The Balaban J connectivity index is 1.78. The fourth-order valence-corrected chi connectivity index (χ4v) is 4.49. The van der Waals surface area contributed by atoms with Gasteiger partial charge in [0.1, 0.15) is 0 Å². The molecule has 2 aromatic carbocycles. The number of nitrogens with zero attached hydrogens (tertiary/aromatic N) is 4. The molecule has 0 saturated carbocycles. The molecule has 1 aliphatic heterocycles. The molecule has 0 amide bonds. The van der Waals surface area contributed by atoms with Crippen LogP contribution in [0.3, 0.4) is 0 Å². The van der Waals surface area contributed by atoms with Gasteiger partial charge in [0.25, 0.3) is 0 Å². The Bertz CT molecular complexity index is 1580. The first kappa shape index (κ1) is 24.9. The summed E-state index contributed by atoms with van der Waals surface area (Å²) in [6.45, 7) is 2.86. The molecule has 3 aromatic rings. The number of fused-ring (bicyclic) bond motifs is 2. The summed E-state index contributed by atoms with van der Waals surface area (Å²) in [5.41, 5.74) is 7.15. The van der Waals surface area contributed by atoms with E-state index in [1.807, 2.05) is 67.6 Å². The van der Waals surface area contributed by atoms with Crippen LogP contribution in [0.5, 0.6) is 0 Å². The first-order chi connectivity index (χ1) is 18.1. The third kappa shape index (κ3) is 5.34. The number of ether oxygens (including phenoxy) is 2. The third-order valence-electron chi connectivity index (χ3n) is 6.19. The molecule has 1 N–H and O–H groups in total. The molecule has 0 spiro atoms. The second-order valence-electron chi connectivity index (χ2n) is 8.69. The first-order valence-electron chi connectivity index (χ1n) is 12.0. The summed E-state index contributed by atoms with van der Waals surface area (Å²) in [5.74, 6) is 0. The molecule has 1 unspecified atom stereocenters. The highest BCUT2D eigenvalue weighted by Gasteiger charge is 2.17. The van der Waals surface area contributed by atoms with Crippen molar-refractivity contribution in [1.29, 1.82) is 0 Å². The molecular formula is C29H28ClN5O2. The van der Waals surface area contributed by atoms with Gasteiger partial charge in [-0.3, -0.25) is 9.98 Å². The summed E-state index contributed by atoms with van der Waals surface area (Å²) in [4.78, 5) is 14.4. The van der Waals surface area contributed by atoms with Crippen molar-refractivity contribution in [2.45, 2.75) is 13.0 Å². The fraction of sp³-hybridized carbons (Fsp3) is 0.207. The number of rotatable bonds is 8. The summed E-state index contributed by atoms with van der Waals surface area (Å²) in [6, 6.07) is 23.9. The van der Waals surface area contributed by atoms with Crippen LogP contribution in [0.1, 0.15) is 5.69 Å². The van der Waals surface area contributed by atoms with Gasteiger partial charge < -0.3 is 19.4 Å². The fourth-order valence-electron chi connectivity index (χ4n) is 4.31. The zero-order valence-corrected chi connectivity index (χ0v) is 21.7. The Morgan fingerprint density at radius 2 is 1.86 bits per heavy atom. The van der Waals surface area contributed by atoms with Crippen LogP contribution >= 0.6 is 11.6 Å². The summed E-state index contributed by atoms with van der Waals surface area (Å²) in [5, 5.41) is 4.97. The molecule has 1 atom stereocenters. The number of benzene rings is 3. The number of para-hydroxylation sites is 2. The minimum atomic E-state index is -0.163. The highest BCUT2D eigenvalue weighted by atomic mass is 35.5. The van der Waals surface area contributed by atoms with Crippen molar-refractivity contribution < 1.29 is 9.47 Å². The number of hydrogen-bond acceptors (Lipinski definition) is 6. The van der Waals surface area contributed by atoms with Crippen LogP contribution in [0, 0.1) is 6.92 Å². The SMILES string of the molecule is COCC(CN=c1cc2n(-c3cccc(Cl)c3)c3ccccc3nc-2cc1Nc1cccnc1C)OC. The standard InChI is InChI=1S/C29H28ClN5O2/c1-19-23(11-7-13-31-19)33-26-15-27-29(16-25(26)32-17-22(37-3)18-36-2)35(21-9-6-8-20(30)14-21)28-12-5-4-10-24(28)34-27/h4-16,22,33H,17-18H2,1-3H3. The molecule has 1 aliphatic carbocycles. The van der Waals surface area contributed by atoms with E-state index in [2.05, 4.69) is 27.0 Å². The Hall–Kier alpha value is -3.78. The van der Waals surface area contributed by atoms with Crippen molar-refractivity contribution in [3.63, 3.8) is 0 Å². The van der Waals surface area contributed by atoms with Crippen LogP contribution in [0.25, 0.3) is 28.1 Å². The third-order valence-corrected chi connectivity index (χ3v) is 6.43. The van der Waals surface area contributed by atoms with E-state index in [4.69, 9.17) is 31.1 Å². The normalized spacial score (nSPS) is 12.8. The molecule has 8 heteroatoms. The Morgan fingerprint density at radius 1 is 1.00 bits per heavy atom. The number of halogens is 1. The lowest BCUT2D eigenvalue weighted by Crippen LogP contribution is -2.23. The van der Waals surface area contributed by atoms with Crippen molar-refractivity contribution in [1.82, 2.24) is 14.5 Å². The molecule has 0 radical (unpaired) electrons. The maximum absolute atomic E-state index is 6.40. The van der Waals surface area contributed by atoms with E-state index in [9.17, 15) is 0 Å². The summed E-state index contributed by atoms with van der Waals surface area (Å²) in [6.07, 6.45) is 1.62. The van der Waals surface area contributed by atoms with Crippen molar-refractivity contribution in [2.75, 3.05) is 32.7 Å². The van der Waals surface area contributed by atoms with Crippen molar-refractivity contribution in [2.24, 2.45) is 4.99 Å². The topological polar surface area (TPSA) is 73.6 Å². The van der Waals surface area contributed by atoms with Crippen LogP contribution in [-0.4, -0.2) is 48.0 Å². The molecule has 188 valence electrons. The average molecular weight is 514 g/mol. The van der Waals surface area contributed by atoms with Gasteiger partial charge in [0.2, 0.25) is 0 Å². The monoisotopic (exact) mass is 513 g/mol. The van der Waals surface area contributed by atoms with Gasteiger partial charge in [-0.25, -0.2) is 4.98 Å². The quantitative estimate of drug-likeness (QED) is 0.266. The van der Waals surface area contributed by atoms with Crippen molar-refractivity contribution >= 4 is 34.0 Å². The molecule has 37 heavy (non-hydrogen) atoms. The molecule has 7 nitrogen and oxygen atoms in total. The largest absolute Gasteiger partial charge is 0.382 e. The summed E-state index contributed by atoms with van der Waals surface area (Å²) in [7, 11) is 3.33. The van der Waals surface area contributed by atoms with Crippen LogP contribution in [0.15, 0.2) is 84.0 Å². The Labute approximate surface area is 220 Å². The lowest BCUT2D eigenvalue weighted by atomic mass is 10.1. The lowest BCUT2D eigenvalue weighted by Gasteiger charge is -2.21. The molecule has 2 aliphatic rings. The van der Waals surface area contributed by atoms with E-state index in [0.29, 0.717) is 18.2 Å². The van der Waals surface area contributed by atoms with E-state index < -0.39 is 0 Å². The van der Waals surface area contributed by atoms with Gasteiger partial charge >= 0.3 is 0 Å². The van der Waals surface area contributed by atoms with Gasteiger partial charge in [0.05, 0.1) is 64.1 Å². The number of nitrogens with one attached hydrogen (secondary N) is 1. The number of aromatic nitrogens is 3. The average Bonchev–Trinajstić information content (AvgIpc) is 2.91. The van der Waals surface area contributed by atoms with E-state index in [0.717, 1.165) is 50.5 Å². The molecule has 2 heterocycles. The van der Waals surface area contributed by atoms with Crippen LogP contribution in [-0.2, 0) is 9.47 Å². The highest BCUT2D eigenvalue weighted by molar-refractivity contribution is 6.30. The number of anilines is 2. The van der Waals surface area contributed by atoms with Gasteiger partial charge in [-0.1, -0.05) is 29.8 Å². The predicted octanol–water partition coefficient (Wildman–Crippen LogP) is 5.79. The number of pyridine rings is 1. The molecule has 0 bridgehead atoms. The number of methoxy groups -OCH3 is 2. The van der Waals surface area contributed by atoms with Crippen LogP contribution in [0.2, 0.25) is 5.02 Å². The second-order valence-corrected chi connectivity index (χ2v) is 9.13. The second kappa shape index (κ2) is 11.1. The van der Waals surface area contributed by atoms with Crippen LogP contribution in [0.4, 0.5) is 11.4 Å². The van der Waals surface area contributed by atoms with Crippen molar-refractivity contribution in [3.8, 4) is 17.1 Å². The molecule has 0 saturated heterocycles.